The van der Waals surface area contributed by atoms with Gasteiger partial charge in [-0.05, 0) is 72.8 Å². The van der Waals surface area contributed by atoms with E-state index in [1.807, 2.05) is 0 Å². The Kier molecular flexibility index (Phi) is 8.46. The first-order valence-corrected chi connectivity index (χ1v) is 20.5. The van der Waals surface area contributed by atoms with E-state index in [9.17, 15) is 13.2 Å². The van der Waals surface area contributed by atoms with E-state index in [1.54, 1.807) is 12.1 Å². The van der Waals surface area contributed by atoms with Gasteiger partial charge in [0.25, 0.3) is 0 Å². The molecule has 4 nitrogen and oxygen atoms in total. The smallest absolute Gasteiger partial charge is 0.410 e. The Morgan fingerprint density at radius 3 is 2.25 bits per heavy atom. The zero-order valence-corrected chi connectivity index (χ0v) is 30.3. The van der Waals surface area contributed by atoms with Crippen LogP contribution >= 0.6 is 22.6 Å². The molecular weight excluding hydrogens is 694 g/mol. The van der Waals surface area contributed by atoms with E-state index in [-0.39, 0.29) is 26.4 Å². The fourth-order valence-electron chi connectivity index (χ4n) is 7.91. The molecule has 9 heteroatoms. The number of hydrogen-bond donors (Lipinski definition) is 0. The van der Waals surface area contributed by atoms with Crippen molar-refractivity contribution < 1.29 is 27.1 Å². The van der Waals surface area contributed by atoms with Gasteiger partial charge in [0, 0.05) is 41.1 Å². The van der Waals surface area contributed by atoms with E-state index in [4.69, 9.17) is 18.9 Å². The van der Waals surface area contributed by atoms with Gasteiger partial charge in [0.1, 0.15) is 11.7 Å². The first-order valence-electron chi connectivity index (χ1n) is 16.3. The SMILES string of the molecule is CC(C)c1nc2c(c3c1[C@@H](c1ccc(C(F)(F)F)cc1)OC31CCOCC1I)[C@@H](O[Si](C)(C)C(C)(C)C)CC1(CCCC1)C2. The highest BCUT2D eigenvalue weighted by Gasteiger charge is 2.57. The lowest BCUT2D eigenvalue weighted by Gasteiger charge is -2.47. The summed E-state index contributed by atoms with van der Waals surface area (Å²) >= 11 is 2.49. The van der Waals surface area contributed by atoms with Crippen LogP contribution in [0.4, 0.5) is 13.2 Å². The van der Waals surface area contributed by atoms with Crippen LogP contribution in [-0.2, 0) is 32.1 Å². The standard InChI is InChI=1S/C35H47F3INO3Si/c1-21(2)30-28-29(27-24(40-30)18-33(14-8-9-15-33)19-25(27)43-44(6,7)32(3,4)5)34(16-17-41-20-26(34)39)42-31(28)22-10-12-23(13-11-22)35(36,37)38/h10-13,21,25-26,31H,8-9,14-20H2,1-7H3/t25-,26?,31+,34?/m0/s1. The summed E-state index contributed by atoms with van der Waals surface area (Å²) in [6.07, 6.45) is 2.57. The van der Waals surface area contributed by atoms with Crippen molar-refractivity contribution in [2.24, 2.45) is 5.41 Å². The Balaban J connectivity index is 1.61. The summed E-state index contributed by atoms with van der Waals surface area (Å²) in [6.45, 7) is 17.0. The number of fused-ring (bicyclic) bond motifs is 4. The van der Waals surface area contributed by atoms with Gasteiger partial charge in [0.15, 0.2) is 8.32 Å². The molecule has 2 fully saturated rings. The summed E-state index contributed by atoms with van der Waals surface area (Å²) in [5, 5.41) is 0.0450. The summed E-state index contributed by atoms with van der Waals surface area (Å²) in [4.78, 5) is 5.52. The largest absolute Gasteiger partial charge is 0.416 e. The Morgan fingerprint density at radius 2 is 1.68 bits per heavy atom. The van der Waals surface area contributed by atoms with Gasteiger partial charge < -0.3 is 13.9 Å². The van der Waals surface area contributed by atoms with E-state index in [1.165, 1.54) is 48.9 Å². The van der Waals surface area contributed by atoms with Crippen molar-refractivity contribution in [1.82, 2.24) is 4.98 Å². The van der Waals surface area contributed by atoms with E-state index in [0.29, 0.717) is 19.6 Å². The van der Waals surface area contributed by atoms with E-state index < -0.39 is 31.8 Å². The first-order chi connectivity index (χ1) is 20.5. The number of benzene rings is 1. The van der Waals surface area contributed by atoms with Gasteiger partial charge in [0.05, 0.1) is 22.2 Å². The molecule has 1 aromatic heterocycles. The summed E-state index contributed by atoms with van der Waals surface area (Å²) in [7, 11) is -2.18. The zero-order valence-electron chi connectivity index (χ0n) is 27.2. The van der Waals surface area contributed by atoms with Crippen LogP contribution in [-0.4, -0.2) is 30.4 Å². The van der Waals surface area contributed by atoms with Crippen LogP contribution in [0.1, 0.15) is 130 Å². The average Bonchev–Trinajstić information content (AvgIpc) is 3.51. The van der Waals surface area contributed by atoms with Gasteiger partial charge in [-0.2, -0.15) is 13.2 Å². The molecule has 2 aromatic rings. The summed E-state index contributed by atoms with van der Waals surface area (Å²) in [5.74, 6) is 0.124. The summed E-state index contributed by atoms with van der Waals surface area (Å²) < 4.78 is 61.3. The molecule has 2 aliphatic carbocycles. The van der Waals surface area contributed by atoms with Crippen LogP contribution in [0.5, 0.6) is 0 Å². The molecule has 0 radical (unpaired) electrons. The zero-order chi connectivity index (χ0) is 31.9. The molecule has 3 heterocycles. The molecule has 2 spiro atoms. The van der Waals surface area contributed by atoms with Crippen LogP contribution in [0, 0.1) is 5.41 Å². The van der Waals surface area contributed by atoms with Gasteiger partial charge in [-0.25, -0.2) is 0 Å². The molecule has 4 aliphatic rings. The third kappa shape index (κ3) is 5.52. The summed E-state index contributed by atoms with van der Waals surface area (Å²) in [6, 6.07) is 5.56. The maximum Gasteiger partial charge on any atom is 0.416 e. The van der Waals surface area contributed by atoms with Crippen molar-refractivity contribution in [3.05, 3.63) is 63.5 Å². The Hall–Kier alpha value is -1.01. The number of hydrogen-bond acceptors (Lipinski definition) is 4. The van der Waals surface area contributed by atoms with Crippen LogP contribution in [0.3, 0.4) is 0 Å². The van der Waals surface area contributed by atoms with Crippen molar-refractivity contribution in [3.8, 4) is 0 Å². The van der Waals surface area contributed by atoms with Crippen molar-refractivity contribution in [3.63, 3.8) is 0 Å². The minimum atomic E-state index is -4.39. The molecule has 2 unspecified atom stereocenters. The van der Waals surface area contributed by atoms with Gasteiger partial charge in [0.2, 0.25) is 0 Å². The fraction of sp³-hybridized carbons (Fsp3) is 0.686. The average molecular weight is 742 g/mol. The van der Waals surface area contributed by atoms with Gasteiger partial charge >= 0.3 is 6.18 Å². The third-order valence-corrected chi connectivity index (χ3v) is 17.1. The first kappa shape index (κ1) is 32.9. The maximum absolute atomic E-state index is 13.6. The molecule has 1 saturated carbocycles. The monoisotopic (exact) mass is 741 g/mol. The third-order valence-electron chi connectivity index (χ3n) is 11.3. The molecule has 1 aromatic carbocycles. The minimum absolute atomic E-state index is 0.0365. The fourth-order valence-corrected chi connectivity index (χ4v) is 10.2. The number of pyridine rings is 1. The molecule has 0 bridgehead atoms. The Morgan fingerprint density at radius 1 is 1.02 bits per heavy atom. The second-order valence-corrected chi connectivity index (χ2v) is 21.8. The summed E-state index contributed by atoms with van der Waals surface area (Å²) in [5.41, 5.74) is 5.30. The van der Waals surface area contributed by atoms with Gasteiger partial charge in [-0.15, -0.1) is 0 Å². The van der Waals surface area contributed by atoms with Crippen molar-refractivity contribution in [1.29, 1.82) is 0 Å². The molecule has 6 rings (SSSR count). The van der Waals surface area contributed by atoms with Crippen molar-refractivity contribution in [2.75, 3.05) is 13.2 Å². The topological polar surface area (TPSA) is 40.6 Å². The highest BCUT2D eigenvalue weighted by molar-refractivity contribution is 14.1. The molecule has 0 amide bonds. The highest BCUT2D eigenvalue weighted by Crippen LogP contribution is 2.61. The number of ether oxygens (including phenoxy) is 2. The second kappa shape index (κ2) is 11.3. The van der Waals surface area contributed by atoms with E-state index >= 15 is 0 Å². The molecule has 44 heavy (non-hydrogen) atoms. The normalized spacial score (nSPS) is 28.6. The predicted octanol–water partition coefficient (Wildman–Crippen LogP) is 10.3. The van der Waals surface area contributed by atoms with Crippen molar-refractivity contribution >= 4 is 30.9 Å². The molecule has 2 aliphatic heterocycles. The van der Waals surface area contributed by atoms with Crippen LogP contribution in [0.2, 0.25) is 18.1 Å². The van der Waals surface area contributed by atoms with Gasteiger partial charge in [-0.1, -0.05) is 82.2 Å². The highest BCUT2D eigenvalue weighted by atomic mass is 127. The van der Waals surface area contributed by atoms with Crippen molar-refractivity contribution in [2.45, 2.75) is 132 Å². The van der Waals surface area contributed by atoms with E-state index in [2.05, 4.69) is 70.3 Å². The quantitative estimate of drug-likeness (QED) is 0.178. The molecule has 1 saturated heterocycles. The number of rotatable bonds is 4. The van der Waals surface area contributed by atoms with Crippen LogP contribution < -0.4 is 0 Å². The number of nitrogens with zero attached hydrogens (tertiary/aromatic N) is 1. The lowest BCUT2D eigenvalue weighted by molar-refractivity contribution is -0.137. The minimum Gasteiger partial charge on any atom is -0.410 e. The predicted molar refractivity (Wildman–Crippen MR) is 178 cm³/mol. The lowest BCUT2D eigenvalue weighted by Crippen LogP contribution is -2.47. The number of halogens is 4. The second-order valence-electron chi connectivity index (χ2n) is 15.6. The lowest BCUT2D eigenvalue weighted by atomic mass is 9.67. The molecular formula is C35H47F3INO3Si. The molecule has 242 valence electrons. The Labute approximate surface area is 275 Å². The number of alkyl halides is 4. The number of aromatic nitrogens is 1. The van der Waals surface area contributed by atoms with Gasteiger partial charge in [-0.3, -0.25) is 4.98 Å². The molecule has 4 atom stereocenters. The maximum atomic E-state index is 13.6. The van der Waals surface area contributed by atoms with E-state index in [0.717, 1.165) is 35.4 Å². The van der Waals surface area contributed by atoms with Crippen LogP contribution in [0.25, 0.3) is 0 Å². The Bertz CT molecular complexity index is 1400. The van der Waals surface area contributed by atoms with Crippen LogP contribution in [0.15, 0.2) is 24.3 Å². The molecule has 0 N–H and O–H groups in total.